The zero-order valence-corrected chi connectivity index (χ0v) is 18.9. The van der Waals surface area contributed by atoms with Gasteiger partial charge in [-0.2, -0.15) is 0 Å². The predicted molar refractivity (Wildman–Crippen MR) is 118 cm³/mol. The second-order valence-electron chi connectivity index (χ2n) is 6.54. The van der Waals surface area contributed by atoms with Crippen molar-refractivity contribution in [1.82, 2.24) is 14.7 Å². The first-order chi connectivity index (χ1) is 12.2. The summed E-state index contributed by atoms with van der Waals surface area (Å²) in [6.07, 6.45) is 0.898. The Morgan fingerprint density at radius 1 is 0.885 bits per heavy atom. The molecule has 0 aromatic rings. The van der Waals surface area contributed by atoms with Crippen LogP contribution >= 0.6 is 48.0 Å². The van der Waals surface area contributed by atoms with Crippen molar-refractivity contribution in [3.63, 3.8) is 0 Å². The van der Waals surface area contributed by atoms with E-state index in [0.717, 1.165) is 24.1 Å². The highest BCUT2D eigenvalue weighted by Gasteiger charge is 2.37. The summed E-state index contributed by atoms with van der Waals surface area (Å²) in [5.41, 5.74) is 1.93. The van der Waals surface area contributed by atoms with Gasteiger partial charge in [-0.15, -0.1) is 0 Å². The number of hydrogen-bond acceptors (Lipinski definition) is 7. The number of thioether (sulfide) groups is 2. The van der Waals surface area contributed by atoms with Gasteiger partial charge in [0.2, 0.25) is 0 Å². The van der Waals surface area contributed by atoms with Crippen LogP contribution in [0.4, 0.5) is 0 Å². The molecule has 0 unspecified atom stereocenters. The highest BCUT2D eigenvalue weighted by molar-refractivity contribution is 8.27. The Kier molecular flexibility index (Phi) is 7.43. The van der Waals surface area contributed by atoms with Crippen molar-refractivity contribution in [3.05, 3.63) is 21.0 Å². The van der Waals surface area contributed by atoms with E-state index in [2.05, 4.69) is 6.92 Å². The molecule has 2 fully saturated rings. The van der Waals surface area contributed by atoms with Gasteiger partial charge in [0.15, 0.2) is 0 Å². The van der Waals surface area contributed by atoms with Crippen molar-refractivity contribution in [2.45, 2.75) is 41.0 Å². The number of hydrogen-bond donors (Lipinski definition) is 0. The second-order valence-corrected chi connectivity index (χ2v) is 9.83. The molecule has 0 saturated carbocycles. The topological polar surface area (TPSA) is 43.9 Å². The van der Waals surface area contributed by atoms with Crippen molar-refractivity contribution in [1.29, 1.82) is 0 Å². The van der Waals surface area contributed by atoms with Gasteiger partial charge in [-0.25, -0.2) is 0 Å². The lowest BCUT2D eigenvalue weighted by atomic mass is 10.3. The molecule has 26 heavy (non-hydrogen) atoms. The van der Waals surface area contributed by atoms with E-state index in [9.17, 15) is 9.59 Å². The van der Waals surface area contributed by atoms with Crippen LogP contribution in [0.25, 0.3) is 0 Å². The number of nitrogens with zero attached hydrogens (tertiary/aromatic N) is 3. The summed E-state index contributed by atoms with van der Waals surface area (Å²) < 4.78 is 1.11. The molecule has 0 radical (unpaired) electrons. The van der Waals surface area contributed by atoms with Gasteiger partial charge in [-0.05, 0) is 34.1 Å². The normalized spacial score (nSPS) is 18.1. The third kappa shape index (κ3) is 4.56. The fourth-order valence-electron chi connectivity index (χ4n) is 2.56. The Labute approximate surface area is 174 Å². The largest absolute Gasteiger partial charge is 0.279 e. The Hall–Kier alpha value is -0.740. The van der Waals surface area contributed by atoms with Crippen LogP contribution in [-0.2, 0) is 9.59 Å². The molecular weight excluding hydrogens is 406 g/mol. The fraction of sp³-hybridized carbons (Fsp3) is 0.529. The summed E-state index contributed by atoms with van der Waals surface area (Å²) in [6, 6.07) is 0. The number of thiocarbonyl (C=S) groups is 2. The Bertz CT molecular complexity index is 664. The molecule has 2 aliphatic heterocycles. The Morgan fingerprint density at radius 3 is 1.54 bits per heavy atom. The summed E-state index contributed by atoms with van der Waals surface area (Å²) in [6.45, 7) is 11.2. The second kappa shape index (κ2) is 8.97. The molecule has 0 spiro atoms. The van der Waals surface area contributed by atoms with Crippen LogP contribution in [-0.4, -0.2) is 55.0 Å². The van der Waals surface area contributed by atoms with E-state index in [1.165, 1.54) is 23.5 Å². The van der Waals surface area contributed by atoms with E-state index in [4.69, 9.17) is 24.4 Å². The smallest absolute Gasteiger partial charge is 0.267 e. The molecule has 2 amide bonds. The van der Waals surface area contributed by atoms with Crippen LogP contribution in [0.15, 0.2) is 21.0 Å². The molecule has 0 aliphatic carbocycles. The molecule has 0 atom stereocenters. The van der Waals surface area contributed by atoms with Crippen LogP contribution in [0, 0.1) is 0 Å². The lowest BCUT2D eigenvalue weighted by Crippen LogP contribution is -2.47. The molecule has 2 saturated heterocycles. The van der Waals surface area contributed by atoms with Crippen LogP contribution in [0.3, 0.4) is 0 Å². The molecule has 142 valence electrons. The first-order valence-corrected chi connectivity index (χ1v) is 10.8. The van der Waals surface area contributed by atoms with E-state index in [-0.39, 0.29) is 11.8 Å². The minimum atomic E-state index is -0.0595. The number of rotatable bonds is 6. The molecule has 0 aromatic heterocycles. The molecule has 0 N–H and O–H groups in total. The van der Waals surface area contributed by atoms with Crippen LogP contribution < -0.4 is 0 Å². The third-order valence-corrected chi connectivity index (χ3v) is 7.13. The predicted octanol–water partition coefficient (Wildman–Crippen LogP) is 3.92. The first kappa shape index (κ1) is 21.6. The molecule has 2 rings (SSSR count). The van der Waals surface area contributed by atoms with Gasteiger partial charge in [0.25, 0.3) is 11.8 Å². The van der Waals surface area contributed by atoms with Gasteiger partial charge in [0, 0.05) is 6.54 Å². The molecule has 5 nitrogen and oxygen atoms in total. The lowest BCUT2D eigenvalue weighted by molar-refractivity contribution is -0.125. The summed E-state index contributed by atoms with van der Waals surface area (Å²) in [7, 11) is 0. The number of carbonyl (C=O) groups excluding carboxylic acids is 2. The first-order valence-electron chi connectivity index (χ1n) is 8.32. The summed E-state index contributed by atoms with van der Waals surface area (Å²) >= 11 is 13.5. The molecular formula is C17H23N3O2S4. The molecule has 9 heteroatoms. The van der Waals surface area contributed by atoms with Gasteiger partial charge in [0.1, 0.15) is 8.64 Å². The Balaban J connectivity index is 2.15. The van der Waals surface area contributed by atoms with Gasteiger partial charge in [0.05, 0.1) is 23.1 Å². The van der Waals surface area contributed by atoms with Crippen molar-refractivity contribution < 1.29 is 9.59 Å². The van der Waals surface area contributed by atoms with Crippen LogP contribution in [0.1, 0.15) is 41.0 Å². The highest BCUT2D eigenvalue weighted by atomic mass is 32.2. The average molecular weight is 430 g/mol. The van der Waals surface area contributed by atoms with Crippen LogP contribution in [0.5, 0.6) is 0 Å². The summed E-state index contributed by atoms with van der Waals surface area (Å²) in [4.78, 5) is 31.9. The van der Waals surface area contributed by atoms with Gasteiger partial charge >= 0.3 is 0 Å². The number of allylic oxidation sites excluding steroid dienone is 2. The van der Waals surface area contributed by atoms with Crippen molar-refractivity contribution >= 4 is 68.4 Å². The Morgan fingerprint density at radius 2 is 1.27 bits per heavy atom. The van der Waals surface area contributed by atoms with Gasteiger partial charge in [-0.1, -0.05) is 66.0 Å². The number of amides is 2. The molecule has 0 bridgehead atoms. The summed E-state index contributed by atoms with van der Waals surface area (Å²) in [5.74, 6) is -0.119. The third-order valence-electron chi connectivity index (χ3n) is 3.83. The number of carbonyl (C=O) groups is 2. The average Bonchev–Trinajstić information content (AvgIpc) is 2.99. The van der Waals surface area contributed by atoms with E-state index in [1.807, 2.05) is 32.6 Å². The zero-order valence-electron chi connectivity index (χ0n) is 15.6. The quantitative estimate of drug-likeness (QED) is 0.468. The van der Waals surface area contributed by atoms with Gasteiger partial charge in [-0.3, -0.25) is 24.3 Å². The standard InChI is InChI=1S/C17H23N3O2S4/c1-6-7-18(8-19-14(21)12(10(2)3)25-16(19)23)9-20-15(22)13(11(4)5)26-17(20)24/h6-9H2,1-5H3. The fourth-order valence-corrected chi connectivity index (χ4v) is 5.00. The van der Waals surface area contributed by atoms with Crippen LogP contribution in [0.2, 0.25) is 0 Å². The summed E-state index contributed by atoms with van der Waals surface area (Å²) in [5, 5.41) is 0. The van der Waals surface area contributed by atoms with Gasteiger partial charge < -0.3 is 0 Å². The maximum atomic E-state index is 12.6. The lowest BCUT2D eigenvalue weighted by Gasteiger charge is -2.30. The van der Waals surface area contributed by atoms with E-state index < -0.39 is 0 Å². The van der Waals surface area contributed by atoms with E-state index >= 15 is 0 Å². The minimum Gasteiger partial charge on any atom is -0.279 e. The maximum absolute atomic E-state index is 12.6. The van der Waals surface area contributed by atoms with Crippen molar-refractivity contribution in [2.75, 3.05) is 19.9 Å². The maximum Gasteiger partial charge on any atom is 0.267 e. The van der Waals surface area contributed by atoms with E-state index in [1.54, 1.807) is 9.80 Å². The zero-order chi connectivity index (χ0) is 19.6. The highest BCUT2D eigenvalue weighted by Crippen LogP contribution is 2.35. The minimum absolute atomic E-state index is 0.0595. The monoisotopic (exact) mass is 429 g/mol. The van der Waals surface area contributed by atoms with Crippen molar-refractivity contribution in [2.24, 2.45) is 0 Å². The molecule has 0 aromatic carbocycles. The SMILES string of the molecule is CCCN(CN1C(=O)C(=C(C)C)SC1=S)CN1C(=O)C(=C(C)C)SC1=S. The van der Waals surface area contributed by atoms with E-state index in [0.29, 0.717) is 31.8 Å². The molecule has 2 aliphatic rings. The van der Waals surface area contributed by atoms with Crippen molar-refractivity contribution in [3.8, 4) is 0 Å². The molecule has 2 heterocycles.